The van der Waals surface area contributed by atoms with Gasteiger partial charge in [0.1, 0.15) is 5.82 Å². The first kappa shape index (κ1) is 17.6. The monoisotopic (exact) mass is 348 g/mol. The number of rotatable bonds is 6. The highest BCUT2D eigenvalue weighted by molar-refractivity contribution is 5.93. The Balaban J connectivity index is 1.59. The number of amides is 1. The van der Waals surface area contributed by atoms with E-state index < -0.39 is 5.82 Å². The Labute approximate surface area is 145 Å². The second-order valence-electron chi connectivity index (χ2n) is 6.00. The van der Waals surface area contributed by atoms with Crippen LogP contribution in [0.5, 0.6) is 0 Å². The molecule has 0 spiro atoms. The number of carbonyl (C=O) groups is 1. The van der Waals surface area contributed by atoms with E-state index in [0.717, 1.165) is 12.8 Å². The number of piperidine rings is 1. The van der Waals surface area contributed by atoms with Gasteiger partial charge in [-0.05, 0) is 31.4 Å². The van der Waals surface area contributed by atoms with Crippen molar-refractivity contribution in [1.82, 2.24) is 10.1 Å². The predicted octanol–water partition coefficient (Wildman–Crippen LogP) is 2.48. The summed E-state index contributed by atoms with van der Waals surface area (Å²) in [6, 6.07) is 7.68. The molecule has 2 heterocycles. The summed E-state index contributed by atoms with van der Waals surface area (Å²) in [5.74, 6) is -0.401. The number of hydrogen-bond donors (Lipinski definition) is 1. The molecular weight excluding hydrogens is 327 g/mol. The first-order valence-corrected chi connectivity index (χ1v) is 8.42. The molecule has 3 rings (SSSR count). The fourth-order valence-corrected chi connectivity index (χ4v) is 2.87. The summed E-state index contributed by atoms with van der Waals surface area (Å²) in [7, 11) is 0. The van der Waals surface area contributed by atoms with Crippen LogP contribution < -0.4 is 0 Å². The second-order valence-corrected chi connectivity index (χ2v) is 6.00. The molecule has 0 radical (unpaired) electrons. The molecule has 7 heteroatoms. The SMILES string of the molecule is O=C(c1cc(-c2ccccc2F)on1)N1CCC(OCCCO)CC1. The Morgan fingerprint density at radius 1 is 1.36 bits per heavy atom. The van der Waals surface area contributed by atoms with Crippen molar-refractivity contribution in [3.63, 3.8) is 0 Å². The molecule has 25 heavy (non-hydrogen) atoms. The minimum absolute atomic E-state index is 0.113. The molecule has 0 atom stereocenters. The molecule has 1 aliphatic heterocycles. The predicted molar refractivity (Wildman–Crippen MR) is 88.5 cm³/mol. The smallest absolute Gasteiger partial charge is 0.276 e. The zero-order valence-corrected chi connectivity index (χ0v) is 13.9. The van der Waals surface area contributed by atoms with Crippen LogP contribution in [0.25, 0.3) is 11.3 Å². The lowest BCUT2D eigenvalue weighted by molar-refractivity contribution is 0.00376. The maximum absolute atomic E-state index is 13.8. The van der Waals surface area contributed by atoms with Gasteiger partial charge in [-0.15, -0.1) is 0 Å². The molecule has 0 bridgehead atoms. The van der Waals surface area contributed by atoms with E-state index in [0.29, 0.717) is 26.1 Å². The molecule has 1 aliphatic rings. The minimum atomic E-state index is -0.418. The van der Waals surface area contributed by atoms with E-state index in [9.17, 15) is 9.18 Å². The van der Waals surface area contributed by atoms with Crippen molar-refractivity contribution in [2.45, 2.75) is 25.4 Å². The quantitative estimate of drug-likeness (QED) is 0.812. The maximum Gasteiger partial charge on any atom is 0.276 e. The van der Waals surface area contributed by atoms with Crippen molar-refractivity contribution in [2.75, 3.05) is 26.3 Å². The van der Waals surface area contributed by atoms with Crippen molar-refractivity contribution < 1.29 is 23.6 Å². The summed E-state index contributed by atoms with van der Waals surface area (Å²) < 4.78 is 24.6. The zero-order chi connectivity index (χ0) is 17.6. The number of halogens is 1. The highest BCUT2D eigenvalue weighted by Crippen LogP contribution is 2.24. The van der Waals surface area contributed by atoms with E-state index in [-0.39, 0.29) is 35.6 Å². The molecule has 134 valence electrons. The lowest BCUT2D eigenvalue weighted by Gasteiger charge is -2.31. The third-order valence-corrected chi connectivity index (χ3v) is 4.25. The fourth-order valence-electron chi connectivity index (χ4n) is 2.87. The molecule has 0 unspecified atom stereocenters. The molecule has 1 fully saturated rings. The molecule has 1 aromatic heterocycles. The van der Waals surface area contributed by atoms with Crippen LogP contribution in [0.4, 0.5) is 4.39 Å². The third-order valence-electron chi connectivity index (χ3n) is 4.25. The number of hydrogen-bond acceptors (Lipinski definition) is 5. The molecule has 0 aliphatic carbocycles. The Hall–Kier alpha value is -2.25. The van der Waals surface area contributed by atoms with Crippen LogP contribution in [0, 0.1) is 5.82 Å². The number of carbonyl (C=O) groups excluding carboxylic acids is 1. The molecule has 2 aromatic rings. The number of ether oxygens (including phenoxy) is 1. The van der Waals surface area contributed by atoms with Gasteiger partial charge in [-0.3, -0.25) is 4.79 Å². The summed E-state index contributed by atoms with van der Waals surface area (Å²) in [6.07, 6.45) is 2.23. The van der Waals surface area contributed by atoms with Crippen molar-refractivity contribution >= 4 is 5.91 Å². The number of aliphatic hydroxyl groups is 1. The van der Waals surface area contributed by atoms with Crippen LogP contribution in [0.2, 0.25) is 0 Å². The minimum Gasteiger partial charge on any atom is -0.396 e. The van der Waals surface area contributed by atoms with Crippen LogP contribution in [0.1, 0.15) is 29.8 Å². The number of aliphatic hydroxyl groups excluding tert-OH is 1. The highest BCUT2D eigenvalue weighted by atomic mass is 19.1. The number of aromatic nitrogens is 1. The Morgan fingerprint density at radius 3 is 2.84 bits per heavy atom. The average molecular weight is 348 g/mol. The van der Waals surface area contributed by atoms with Crippen molar-refractivity contribution in [2.24, 2.45) is 0 Å². The van der Waals surface area contributed by atoms with E-state index in [1.54, 1.807) is 23.1 Å². The summed E-state index contributed by atoms with van der Waals surface area (Å²) >= 11 is 0. The second kappa shape index (κ2) is 8.22. The summed E-state index contributed by atoms with van der Waals surface area (Å²) in [5.41, 5.74) is 0.461. The molecule has 1 saturated heterocycles. The van der Waals surface area contributed by atoms with Crippen LogP contribution in [-0.2, 0) is 4.74 Å². The van der Waals surface area contributed by atoms with Gasteiger partial charge in [0, 0.05) is 32.4 Å². The molecule has 6 nitrogen and oxygen atoms in total. The first-order valence-electron chi connectivity index (χ1n) is 8.42. The van der Waals surface area contributed by atoms with Crippen molar-refractivity contribution in [3.8, 4) is 11.3 Å². The normalized spacial score (nSPS) is 15.5. The van der Waals surface area contributed by atoms with Gasteiger partial charge in [0.25, 0.3) is 5.91 Å². The van der Waals surface area contributed by atoms with Gasteiger partial charge in [0.15, 0.2) is 11.5 Å². The van der Waals surface area contributed by atoms with E-state index in [1.807, 2.05) is 0 Å². The lowest BCUT2D eigenvalue weighted by Crippen LogP contribution is -2.41. The van der Waals surface area contributed by atoms with Gasteiger partial charge < -0.3 is 19.3 Å². The number of benzene rings is 1. The van der Waals surface area contributed by atoms with Gasteiger partial charge in [-0.2, -0.15) is 0 Å². The van der Waals surface area contributed by atoms with Gasteiger partial charge in [0.05, 0.1) is 11.7 Å². The van der Waals surface area contributed by atoms with Crippen molar-refractivity contribution in [3.05, 3.63) is 41.8 Å². The fraction of sp³-hybridized carbons (Fsp3) is 0.444. The topological polar surface area (TPSA) is 75.8 Å². The van der Waals surface area contributed by atoms with E-state index in [2.05, 4.69) is 5.16 Å². The molecular formula is C18H21FN2O4. The number of likely N-dealkylation sites (tertiary alicyclic amines) is 1. The number of nitrogens with zero attached hydrogens (tertiary/aromatic N) is 2. The molecule has 1 N–H and O–H groups in total. The summed E-state index contributed by atoms with van der Waals surface area (Å²) in [4.78, 5) is 14.2. The van der Waals surface area contributed by atoms with Crippen LogP contribution in [0.15, 0.2) is 34.9 Å². The Bertz CT molecular complexity index is 711. The molecule has 1 aromatic carbocycles. The molecule has 0 saturated carbocycles. The highest BCUT2D eigenvalue weighted by Gasteiger charge is 2.26. The maximum atomic E-state index is 13.8. The average Bonchev–Trinajstić information content (AvgIpc) is 3.12. The van der Waals surface area contributed by atoms with Gasteiger partial charge in [-0.1, -0.05) is 17.3 Å². The van der Waals surface area contributed by atoms with Gasteiger partial charge in [-0.25, -0.2) is 4.39 Å². The van der Waals surface area contributed by atoms with E-state index in [1.165, 1.54) is 12.1 Å². The lowest BCUT2D eigenvalue weighted by atomic mass is 10.1. The van der Waals surface area contributed by atoms with Gasteiger partial charge in [0.2, 0.25) is 0 Å². The largest absolute Gasteiger partial charge is 0.396 e. The van der Waals surface area contributed by atoms with Crippen LogP contribution in [-0.4, -0.2) is 53.5 Å². The first-order chi connectivity index (χ1) is 12.2. The molecule has 1 amide bonds. The van der Waals surface area contributed by atoms with Crippen LogP contribution in [0.3, 0.4) is 0 Å². The van der Waals surface area contributed by atoms with Gasteiger partial charge >= 0.3 is 0 Å². The van der Waals surface area contributed by atoms with Crippen molar-refractivity contribution in [1.29, 1.82) is 0 Å². The van der Waals surface area contributed by atoms with E-state index in [4.69, 9.17) is 14.4 Å². The Morgan fingerprint density at radius 2 is 2.12 bits per heavy atom. The third kappa shape index (κ3) is 4.24. The zero-order valence-electron chi connectivity index (χ0n) is 13.9. The summed E-state index contributed by atoms with van der Waals surface area (Å²) in [6.45, 7) is 1.80. The Kier molecular flexibility index (Phi) is 5.78. The summed E-state index contributed by atoms with van der Waals surface area (Å²) in [5, 5.41) is 12.6. The van der Waals surface area contributed by atoms with E-state index >= 15 is 0 Å². The standard InChI is InChI=1S/C18H21FN2O4/c19-15-5-2-1-4-14(15)17-12-16(20-25-17)18(23)21-8-6-13(7-9-21)24-11-3-10-22/h1-2,4-5,12-13,22H,3,6-11H2. The van der Waals surface area contributed by atoms with Crippen LogP contribution >= 0.6 is 0 Å².